The minimum absolute atomic E-state index is 0.0417. The summed E-state index contributed by atoms with van der Waals surface area (Å²) in [4.78, 5) is 28.5. The molecule has 1 aliphatic rings. The third kappa shape index (κ3) is 3.91. The highest BCUT2D eigenvalue weighted by atomic mass is 16.3. The van der Waals surface area contributed by atoms with Crippen LogP contribution in [0, 0.1) is 0 Å². The Labute approximate surface area is 205 Å². The number of hydrogen-bond donors (Lipinski definition) is 1. The fourth-order valence-corrected chi connectivity index (χ4v) is 4.73. The number of aliphatic hydroxyl groups is 1. The van der Waals surface area contributed by atoms with E-state index >= 15 is 0 Å². The summed E-state index contributed by atoms with van der Waals surface area (Å²) in [6.45, 7) is 6.42. The number of carbonyl (C=O) groups is 2. The number of Topliss-reactive ketones (excluding diaryl/α,β-unsaturated/α-hetero) is 1. The van der Waals surface area contributed by atoms with Gasteiger partial charge < -0.3 is 5.11 Å². The van der Waals surface area contributed by atoms with E-state index in [9.17, 15) is 14.7 Å². The highest BCUT2D eigenvalue weighted by molar-refractivity contribution is 6.52. The van der Waals surface area contributed by atoms with Gasteiger partial charge in [-0.25, -0.2) is 0 Å². The van der Waals surface area contributed by atoms with Crippen molar-refractivity contribution in [3.05, 3.63) is 119 Å². The number of hydrogen-bond acceptors (Lipinski definition) is 3. The Morgan fingerprint density at radius 3 is 2.09 bits per heavy atom. The second-order valence-corrected chi connectivity index (χ2v) is 9.91. The molecule has 1 unspecified atom stereocenters. The minimum atomic E-state index is -0.755. The maximum Gasteiger partial charge on any atom is 0.300 e. The van der Waals surface area contributed by atoms with Gasteiger partial charge in [0.05, 0.1) is 17.3 Å². The van der Waals surface area contributed by atoms with Gasteiger partial charge in [0.25, 0.3) is 11.7 Å². The van der Waals surface area contributed by atoms with Crippen LogP contribution in [0.15, 0.2) is 103 Å². The maximum absolute atomic E-state index is 13.5. The SMILES string of the molecule is CC(C)(C)c1ccc(C2/C(=C(\O)c3ccccc3)C(=O)C(=O)N2c2cccc3ccccc23)cc1. The molecule has 4 aromatic carbocycles. The first-order valence-electron chi connectivity index (χ1n) is 11.7. The van der Waals surface area contributed by atoms with Crippen LogP contribution in [0.25, 0.3) is 16.5 Å². The molecule has 0 radical (unpaired) electrons. The number of anilines is 1. The molecule has 1 N–H and O–H groups in total. The lowest BCUT2D eigenvalue weighted by Crippen LogP contribution is -2.29. The molecule has 0 saturated carbocycles. The lowest BCUT2D eigenvalue weighted by molar-refractivity contribution is -0.132. The predicted octanol–water partition coefficient (Wildman–Crippen LogP) is 6.76. The summed E-state index contributed by atoms with van der Waals surface area (Å²) in [5, 5.41) is 13.1. The van der Waals surface area contributed by atoms with Crippen molar-refractivity contribution in [2.45, 2.75) is 32.2 Å². The third-order valence-electron chi connectivity index (χ3n) is 6.61. The zero-order valence-electron chi connectivity index (χ0n) is 20.0. The fraction of sp³-hybridized carbons (Fsp3) is 0.161. The van der Waals surface area contributed by atoms with Gasteiger partial charge in [-0.15, -0.1) is 0 Å². The third-order valence-corrected chi connectivity index (χ3v) is 6.61. The van der Waals surface area contributed by atoms with E-state index in [1.54, 1.807) is 24.3 Å². The van der Waals surface area contributed by atoms with Crippen molar-refractivity contribution in [2.24, 2.45) is 0 Å². The summed E-state index contributed by atoms with van der Waals surface area (Å²) in [5.74, 6) is -1.51. The number of aliphatic hydroxyl groups excluding tert-OH is 1. The molecule has 1 atom stereocenters. The molecule has 5 rings (SSSR count). The van der Waals surface area contributed by atoms with Crippen LogP contribution in [-0.2, 0) is 15.0 Å². The van der Waals surface area contributed by atoms with Crippen LogP contribution in [0.4, 0.5) is 5.69 Å². The van der Waals surface area contributed by atoms with Gasteiger partial charge in [-0.3, -0.25) is 14.5 Å². The molecule has 1 heterocycles. The van der Waals surface area contributed by atoms with Crippen LogP contribution in [0.5, 0.6) is 0 Å². The lowest BCUT2D eigenvalue weighted by atomic mass is 9.85. The van der Waals surface area contributed by atoms with Crippen LogP contribution < -0.4 is 4.90 Å². The maximum atomic E-state index is 13.5. The summed E-state index contributed by atoms with van der Waals surface area (Å²) in [6, 6.07) is 29.6. The average Bonchev–Trinajstić information content (AvgIpc) is 3.13. The molecule has 4 nitrogen and oxygen atoms in total. The zero-order valence-corrected chi connectivity index (χ0v) is 20.0. The Bertz CT molecular complexity index is 1460. The number of nitrogens with zero attached hydrogens (tertiary/aromatic N) is 1. The second kappa shape index (κ2) is 8.55. The normalized spacial score (nSPS) is 17.8. The van der Waals surface area contributed by atoms with Gasteiger partial charge in [0.1, 0.15) is 5.76 Å². The Kier molecular flexibility index (Phi) is 5.52. The van der Waals surface area contributed by atoms with E-state index in [-0.39, 0.29) is 16.7 Å². The molecule has 35 heavy (non-hydrogen) atoms. The van der Waals surface area contributed by atoms with Gasteiger partial charge in [0.2, 0.25) is 0 Å². The van der Waals surface area contributed by atoms with Crippen LogP contribution in [0.2, 0.25) is 0 Å². The van der Waals surface area contributed by atoms with Crippen molar-refractivity contribution >= 4 is 33.9 Å². The highest BCUT2D eigenvalue weighted by Gasteiger charge is 2.47. The van der Waals surface area contributed by atoms with Crippen molar-refractivity contribution < 1.29 is 14.7 Å². The van der Waals surface area contributed by atoms with Crippen molar-refractivity contribution in [2.75, 3.05) is 4.90 Å². The average molecular weight is 462 g/mol. The van der Waals surface area contributed by atoms with Crippen molar-refractivity contribution in [1.82, 2.24) is 0 Å². The van der Waals surface area contributed by atoms with Gasteiger partial charge in [0.15, 0.2) is 0 Å². The highest BCUT2D eigenvalue weighted by Crippen LogP contribution is 2.44. The quantitative estimate of drug-likeness (QED) is 0.208. The molecule has 1 saturated heterocycles. The molecule has 1 fully saturated rings. The van der Waals surface area contributed by atoms with Crippen molar-refractivity contribution in [1.29, 1.82) is 0 Å². The van der Waals surface area contributed by atoms with Gasteiger partial charge in [0, 0.05) is 10.9 Å². The molecule has 4 heteroatoms. The van der Waals surface area contributed by atoms with Crippen LogP contribution in [-0.4, -0.2) is 16.8 Å². The van der Waals surface area contributed by atoms with E-state index in [2.05, 4.69) is 20.8 Å². The number of ketones is 1. The molecular weight excluding hydrogens is 434 g/mol. The molecule has 4 aromatic rings. The molecule has 0 bridgehead atoms. The van der Waals surface area contributed by atoms with E-state index in [1.165, 1.54) is 4.90 Å². The van der Waals surface area contributed by atoms with Gasteiger partial charge in [-0.1, -0.05) is 112 Å². The lowest BCUT2D eigenvalue weighted by Gasteiger charge is -2.27. The fourth-order valence-electron chi connectivity index (χ4n) is 4.73. The molecule has 0 aromatic heterocycles. The van der Waals surface area contributed by atoms with E-state index in [4.69, 9.17) is 0 Å². The Morgan fingerprint density at radius 1 is 0.771 bits per heavy atom. The number of carbonyl (C=O) groups excluding carboxylic acids is 2. The van der Waals surface area contributed by atoms with Crippen LogP contribution >= 0.6 is 0 Å². The first kappa shape index (κ1) is 22.6. The number of amides is 1. The van der Waals surface area contributed by atoms with Crippen LogP contribution in [0.3, 0.4) is 0 Å². The smallest absolute Gasteiger partial charge is 0.300 e. The van der Waals surface area contributed by atoms with Gasteiger partial charge >= 0.3 is 0 Å². The Morgan fingerprint density at radius 2 is 1.40 bits per heavy atom. The van der Waals surface area contributed by atoms with Gasteiger partial charge in [-0.05, 0) is 28.0 Å². The zero-order chi connectivity index (χ0) is 24.7. The molecule has 1 aliphatic heterocycles. The second-order valence-electron chi connectivity index (χ2n) is 9.91. The predicted molar refractivity (Wildman–Crippen MR) is 140 cm³/mol. The van der Waals surface area contributed by atoms with E-state index < -0.39 is 17.7 Å². The van der Waals surface area contributed by atoms with Gasteiger partial charge in [-0.2, -0.15) is 0 Å². The van der Waals surface area contributed by atoms with E-state index in [0.717, 1.165) is 21.9 Å². The minimum Gasteiger partial charge on any atom is -0.507 e. The number of fused-ring (bicyclic) bond motifs is 1. The van der Waals surface area contributed by atoms with Crippen molar-refractivity contribution in [3.8, 4) is 0 Å². The number of rotatable bonds is 3. The number of benzene rings is 4. The summed E-state index contributed by atoms with van der Waals surface area (Å²) in [6.07, 6.45) is 0. The molecule has 0 aliphatic carbocycles. The Hall–Kier alpha value is -4.18. The molecule has 174 valence electrons. The topological polar surface area (TPSA) is 57.6 Å². The summed E-state index contributed by atoms with van der Waals surface area (Å²) >= 11 is 0. The Balaban J connectivity index is 1.76. The van der Waals surface area contributed by atoms with E-state index in [0.29, 0.717) is 11.3 Å². The van der Waals surface area contributed by atoms with E-state index in [1.807, 2.05) is 72.8 Å². The largest absolute Gasteiger partial charge is 0.507 e. The first-order chi connectivity index (χ1) is 16.8. The summed E-state index contributed by atoms with van der Waals surface area (Å²) in [7, 11) is 0. The molecule has 1 amide bonds. The van der Waals surface area contributed by atoms with Crippen molar-refractivity contribution in [3.63, 3.8) is 0 Å². The monoisotopic (exact) mass is 461 g/mol. The first-order valence-corrected chi connectivity index (χ1v) is 11.7. The molecule has 0 spiro atoms. The summed E-state index contributed by atoms with van der Waals surface area (Å²) in [5.41, 5.74) is 3.11. The van der Waals surface area contributed by atoms with Crippen LogP contribution in [0.1, 0.15) is 43.5 Å². The standard InChI is InChI=1S/C31H27NO3/c1-31(2,3)23-18-16-21(17-19-23)27-26(28(33)22-11-5-4-6-12-22)29(34)30(35)32(27)25-15-9-13-20-10-7-8-14-24(20)25/h4-19,27,33H,1-3H3/b28-26+. The summed E-state index contributed by atoms with van der Waals surface area (Å²) < 4.78 is 0. The molecular formula is C31H27NO3.